The summed E-state index contributed by atoms with van der Waals surface area (Å²) >= 11 is 6.13. The van der Waals surface area contributed by atoms with Crippen molar-refractivity contribution in [3.63, 3.8) is 0 Å². The molecule has 0 saturated carbocycles. The number of halogens is 1. The second-order valence-electron chi connectivity index (χ2n) is 9.88. The number of nitrogens with two attached hydrogens (primary N) is 1. The van der Waals surface area contributed by atoms with Crippen molar-refractivity contribution in [2.24, 2.45) is 11.8 Å². The minimum atomic E-state index is -0.263. The smallest absolute Gasteiger partial charge is 0.409 e. The number of anilines is 1. The normalized spacial score (nSPS) is 21.7. The molecule has 2 unspecified atom stereocenters. The van der Waals surface area contributed by atoms with Gasteiger partial charge in [0.25, 0.3) is 5.91 Å². The van der Waals surface area contributed by atoms with Gasteiger partial charge >= 0.3 is 6.09 Å². The zero-order valence-electron chi connectivity index (χ0n) is 21.2. The number of nitrogens with zero attached hydrogens (tertiary/aromatic N) is 2. The molecular formula is C25H39ClN4O5. The highest BCUT2D eigenvalue weighted by Gasteiger charge is 2.33. The number of carbonyl (C=O) groups excluding carboxylic acids is 2. The van der Waals surface area contributed by atoms with Crippen molar-refractivity contribution in [2.75, 3.05) is 59.3 Å². The maximum Gasteiger partial charge on any atom is 0.409 e. The van der Waals surface area contributed by atoms with Crippen molar-refractivity contribution in [2.45, 2.75) is 45.3 Å². The van der Waals surface area contributed by atoms with E-state index in [-0.39, 0.29) is 24.1 Å². The lowest BCUT2D eigenvalue weighted by molar-refractivity contribution is -0.00153. The third-order valence-electron chi connectivity index (χ3n) is 6.76. The number of carbonyl (C=O) groups is 2. The summed E-state index contributed by atoms with van der Waals surface area (Å²) in [5, 5.41) is 3.40. The second kappa shape index (κ2) is 12.6. The van der Waals surface area contributed by atoms with Crippen LogP contribution in [0, 0.1) is 11.8 Å². The first-order valence-corrected chi connectivity index (χ1v) is 12.7. The Hall–Kier alpha value is -2.23. The number of amides is 2. The third kappa shape index (κ3) is 7.38. The Morgan fingerprint density at radius 2 is 1.89 bits per heavy atom. The monoisotopic (exact) mass is 510 g/mol. The topological polar surface area (TPSA) is 106 Å². The van der Waals surface area contributed by atoms with E-state index in [0.717, 1.165) is 52.0 Å². The SMILES string of the molecule is COc1cc(N)c(Cl)cc1C(=O)NC1CCN(CC2CCN(C(=O)OCC(C)C)CC2)CC1OC. The molecule has 3 N–H and O–H groups in total. The summed E-state index contributed by atoms with van der Waals surface area (Å²) < 4.78 is 16.4. The fourth-order valence-corrected chi connectivity index (χ4v) is 4.87. The lowest BCUT2D eigenvalue weighted by atomic mass is 9.94. The maximum absolute atomic E-state index is 13.0. The van der Waals surface area contributed by atoms with Gasteiger partial charge < -0.3 is 35.1 Å². The zero-order valence-corrected chi connectivity index (χ0v) is 22.0. The molecule has 0 bridgehead atoms. The number of likely N-dealkylation sites (tertiary alicyclic amines) is 2. The molecule has 0 aromatic heterocycles. The molecular weight excluding hydrogens is 472 g/mol. The quantitative estimate of drug-likeness (QED) is 0.517. The van der Waals surface area contributed by atoms with Gasteiger partial charge in [-0.1, -0.05) is 25.4 Å². The van der Waals surface area contributed by atoms with Gasteiger partial charge in [0, 0.05) is 45.9 Å². The molecule has 2 aliphatic rings. The Bertz CT molecular complexity index is 876. The van der Waals surface area contributed by atoms with Crippen LogP contribution in [0.15, 0.2) is 12.1 Å². The van der Waals surface area contributed by atoms with E-state index in [4.69, 9.17) is 31.5 Å². The number of ether oxygens (including phenoxy) is 3. The summed E-state index contributed by atoms with van der Waals surface area (Å²) in [4.78, 5) is 29.4. The molecule has 35 heavy (non-hydrogen) atoms. The molecule has 1 aromatic rings. The first-order valence-electron chi connectivity index (χ1n) is 12.3. The van der Waals surface area contributed by atoms with Gasteiger partial charge in [-0.15, -0.1) is 0 Å². The van der Waals surface area contributed by atoms with Crippen molar-refractivity contribution < 1.29 is 23.8 Å². The Kier molecular flexibility index (Phi) is 9.89. The van der Waals surface area contributed by atoms with Crippen LogP contribution in [0.2, 0.25) is 5.02 Å². The Labute approximate surface area is 213 Å². The molecule has 2 saturated heterocycles. The number of nitrogen functional groups attached to an aromatic ring is 1. The first-order chi connectivity index (χ1) is 16.7. The molecule has 10 heteroatoms. The predicted molar refractivity (Wildman–Crippen MR) is 136 cm³/mol. The van der Waals surface area contributed by atoms with E-state index in [2.05, 4.69) is 10.2 Å². The molecule has 9 nitrogen and oxygen atoms in total. The average molecular weight is 511 g/mol. The molecule has 2 aliphatic heterocycles. The molecule has 2 heterocycles. The van der Waals surface area contributed by atoms with E-state index in [1.807, 2.05) is 18.7 Å². The zero-order chi connectivity index (χ0) is 25.5. The van der Waals surface area contributed by atoms with Crippen molar-refractivity contribution in [1.29, 1.82) is 0 Å². The number of hydrogen-bond acceptors (Lipinski definition) is 7. The highest BCUT2D eigenvalue weighted by atomic mass is 35.5. The summed E-state index contributed by atoms with van der Waals surface area (Å²) in [6.45, 7) is 8.54. The van der Waals surface area contributed by atoms with Crippen LogP contribution in [-0.2, 0) is 9.47 Å². The molecule has 2 atom stereocenters. The summed E-state index contributed by atoms with van der Waals surface area (Å²) in [6, 6.07) is 2.97. The summed E-state index contributed by atoms with van der Waals surface area (Å²) in [5.74, 6) is 0.981. The van der Waals surface area contributed by atoms with Crippen molar-refractivity contribution in [3.8, 4) is 5.75 Å². The van der Waals surface area contributed by atoms with Crippen LogP contribution in [0.25, 0.3) is 0 Å². The van der Waals surface area contributed by atoms with Crippen LogP contribution < -0.4 is 15.8 Å². The van der Waals surface area contributed by atoms with E-state index >= 15 is 0 Å². The van der Waals surface area contributed by atoms with Crippen LogP contribution in [0.4, 0.5) is 10.5 Å². The van der Waals surface area contributed by atoms with Crippen LogP contribution in [0.5, 0.6) is 5.75 Å². The first kappa shape index (κ1) is 27.4. The van der Waals surface area contributed by atoms with Crippen LogP contribution in [0.1, 0.15) is 43.5 Å². The molecule has 2 fully saturated rings. The third-order valence-corrected chi connectivity index (χ3v) is 7.08. The van der Waals surface area contributed by atoms with Crippen molar-refractivity contribution >= 4 is 29.3 Å². The minimum Gasteiger partial charge on any atom is -0.496 e. The molecule has 2 amide bonds. The van der Waals surface area contributed by atoms with Crippen molar-refractivity contribution in [3.05, 3.63) is 22.7 Å². The number of nitrogens with one attached hydrogen (secondary N) is 1. The molecule has 1 aromatic carbocycles. The van der Waals surface area contributed by atoms with Gasteiger partial charge in [0.15, 0.2) is 0 Å². The predicted octanol–water partition coefficient (Wildman–Crippen LogP) is 3.25. The van der Waals surface area contributed by atoms with Gasteiger partial charge in [-0.3, -0.25) is 4.79 Å². The minimum absolute atomic E-state index is 0.123. The number of rotatable bonds is 8. The van der Waals surface area contributed by atoms with Gasteiger partial charge in [-0.2, -0.15) is 0 Å². The van der Waals surface area contributed by atoms with E-state index in [9.17, 15) is 9.59 Å². The Morgan fingerprint density at radius 3 is 2.51 bits per heavy atom. The van der Waals surface area contributed by atoms with Gasteiger partial charge in [-0.05, 0) is 37.2 Å². The maximum atomic E-state index is 13.0. The molecule has 0 aliphatic carbocycles. The lowest BCUT2D eigenvalue weighted by Crippen LogP contribution is -2.55. The van der Waals surface area contributed by atoms with Crippen LogP contribution in [-0.4, -0.2) is 87.5 Å². The fourth-order valence-electron chi connectivity index (χ4n) is 4.70. The van der Waals surface area contributed by atoms with Gasteiger partial charge in [0.2, 0.25) is 0 Å². The summed E-state index contributed by atoms with van der Waals surface area (Å²) in [6.07, 6.45) is 2.36. The number of benzene rings is 1. The van der Waals surface area contributed by atoms with E-state index in [1.165, 1.54) is 13.2 Å². The molecule has 0 spiro atoms. The van der Waals surface area contributed by atoms with Crippen LogP contribution in [0.3, 0.4) is 0 Å². The second-order valence-corrected chi connectivity index (χ2v) is 10.3. The van der Waals surface area contributed by atoms with E-state index in [1.54, 1.807) is 13.2 Å². The lowest BCUT2D eigenvalue weighted by Gasteiger charge is -2.40. The largest absolute Gasteiger partial charge is 0.496 e. The average Bonchev–Trinajstić information content (AvgIpc) is 2.85. The number of methoxy groups -OCH3 is 2. The highest BCUT2D eigenvalue weighted by molar-refractivity contribution is 6.33. The fraction of sp³-hybridized carbons (Fsp3) is 0.680. The molecule has 3 rings (SSSR count). The van der Waals surface area contributed by atoms with E-state index < -0.39 is 0 Å². The highest BCUT2D eigenvalue weighted by Crippen LogP contribution is 2.29. The molecule has 0 radical (unpaired) electrons. The van der Waals surface area contributed by atoms with E-state index in [0.29, 0.717) is 40.5 Å². The van der Waals surface area contributed by atoms with Gasteiger partial charge in [0.05, 0.1) is 42.1 Å². The van der Waals surface area contributed by atoms with Gasteiger partial charge in [-0.25, -0.2) is 4.79 Å². The Morgan fingerprint density at radius 1 is 1.17 bits per heavy atom. The van der Waals surface area contributed by atoms with Gasteiger partial charge in [0.1, 0.15) is 5.75 Å². The van der Waals surface area contributed by atoms with Crippen molar-refractivity contribution in [1.82, 2.24) is 15.1 Å². The Balaban J connectivity index is 1.49. The number of hydrogen-bond donors (Lipinski definition) is 2. The standard InChI is InChI=1S/C25H39ClN4O5/c1-16(2)15-35-25(32)30-9-5-17(6-10-30)13-29-8-7-21(23(14-29)34-4)28-24(31)18-11-19(26)20(27)12-22(18)33-3/h11-12,16-17,21,23H,5-10,13-15,27H2,1-4H3,(H,28,31). The summed E-state index contributed by atoms with van der Waals surface area (Å²) in [5.41, 5.74) is 6.55. The number of piperidine rings is 2. The summed E-state index contributed by atoms with van der Waals surface area (Å²) in [7, 11) is 3.17. The molecule has 196 valence electrons. The van der Waals surface area contributed by atoms with Crippen LogP contribution >= 0.6 is 11.6 Å².